The van der Waals surface area contributed by atoms with E-state index in [0.29, 0.717) is 16.9 Å². The predicted octanol–water partition coefficient (Wildman–Crippen LogP) is 4.56. The number of Topliss-reactive ketones (excluding diaryl/α,β-unsaturated/α-hetero) is 1. The molecule has 0 fully saturated rings. The van der Waals surface area contributed by atoms with E-state index >= 15 is 0 Å². The molecule has 28 heavy (non-hydrogen) atoms. The van der Waals surface area contributed by atoms with Crippen molar-refractivity contribution in [3.63, 3.8) is 0 Å². The van der Waals surface area contributed by atoms with Gasteiger partial charge < -0.3 is 10.2 Å². The first-order valence-corrected chi connectivity index (χ1v) is 9.24. The molecule has 142 valence electrons. The minimum atomic E-state index is -0.307. The number of benzene rings is 2. The molecule has 5 heteroatoms. The van der Waals surface area contributed by atoms with Crippen LogP contribution in [0.4, 0.5) is 11.4 Å². The van der Waals surface area contributed by atoms with Crippen LogP contribution in [0.2, 0.25) is 0 Å². The number of rotatable bonds is 7. The molecule has 1 aromatic heterocycles. The van der Waals surface area contributed by atoms with Crippen molar-refractivity contribution in [2.24, 2.45) is 0 Å². The molecule has 1 heterocycles. The molecular weight excluding hydrogens is 350 g/mol. The zero-order valence-electron chi connectivity index (χ0n) is 16.1. The van der Waals surface area contributed by atoms with Crippen LogP contribution in [0, 0.1) is 0 Å². The van der Waals surface area contributed by atoms with Crippen molar-refractivity contribution in [1.29, 1.82) is 0 Å². The van der Waals surface area contributed by atoms with Gasteiger partial charge >= 0.3 is 0 Å². The zero-order valence-corrected chi connectivity index (χ0v) is 16.1. The fourth-order valence-corrected chi connectivity index (χ4v) is 2.91. The lowest BCUT2D eigenvalue weighted by Crippen LogP contribution is -2.22. The fraction of sp³-hybridized carbons (Fsp3) is 0.174. The van der Waals surface area contributed by atoms with Gasteiger partial charge in [-0.15, -0.1) is 0 Å². The van der Waals surface area contributed by atoms with Crippen molar-refractivity contribution in [2.45, 2.75) is 20.4 Å². The van der Waals surface area contributed by atoms with Gasteiger partial charge in [0.25, 0.3) is 5.91 Å². The topological polar surface area (TPSA) is 62.3 Å². The average Bonchev–Trinajstić information content (AvgIpc) is 2.73. The van der Waals surface area contributed by atoms with Crippen LogP contribution in [-0.2, 0) is 6.54 Å². The molecule has 0 bridgehead atoms. The summed E-state index contributed by atoms with van der Waals surface area (Å²) in [4.78, 5) is 30.5. The zero-order chi connectivity index (χ0) is 19.9. The van der Waals surface area contributed by atoms with E-state index in [1.807, 2.05) is 24.3 Å². The van der Waals surface area contributed by atoms with Crippen LogP contribution in [0.1, 0.15) is 40.3 Å². The van der Waals surface area contributed by atoms with Gasteiger partial charge in [-0.1, -0.05) is 42.5 Å². The number of carbonyl (C=O) groups is 2. The first-order chi connectivity index (χ1) is 13.6. The van der Waals surface area contributed by atoms with Crippen molar-refractivity contribution in [3.8, 4) is 0 Å². The van der Waals surface area contributed by atoms with E-state index in [4.69, 9.17) is 0 Å². The van der Waals surface area contributed by atoms with E-state index in [0.717, 1.165) is 18.8 Å². The SMILES string of the molecule is CCN(Cc1ccccc1)c1ccc(C(=O)Nc2cccc(C(C)=O)c2)nc1. The largest absolute Gasteiger partial charge is 0.366 e. The maximum atomic E-state index is 12.5. The molecule has 0 radical (unpaired) electrons. The summed E-state index contributed by atoms with van der Waals surface area (Å²) in [5.74, 6) is -0.352. The Balaban J connectivity index is 1.70. The van der Waals surface area contributed by atoms with Crippen molar-refractivity contribution >= 4 is 23.1 Å². The minimum Gasteiger partial charge on any atom is -0.366 e. The fourth-order valence-electron chi connectivity index (χ4n) is 2.91. The highest BCUT2D eigenvalue weighted by Crippen LogP contribution is 2.17. The van der Waals surface area contributed by atoms with Crippen molar-refractivity contribution in [2.75, 3.05) is 16.8 Å². The van der Waals surface area contributed by atoms with Crippen molar-refractivity contribution < 1.29 is 9.59 Å². The van der Waals surface area contributed by atoms with E-state index in [1.54, 1.807) is 36.5 Å². The van der Waals surface area contributed by atoms with Gasteiger partial charge in [0.1, 0.15) is 5.69 Å². The molecule has 0 saturated heterocycles. The Bertz CT molecular complexity index is 953. The monoisotopic (exact) mass is 373 g/mol. The van der Waals surface area contributed by atoms with E-state index in [-0.39, 0.29) is 11.7 Å². The summed E-state index contributed by atoms with van der Waals surface area (Å²) < 4.78 is 0. The molecule has 1 N–H and O–H groups in total. The molecule has 0 spiro atoms. The van der Waals surface area contributed by atoms with Crippen LogP contribution in [0.15, 0.2) is 72.9 Å². The summed E-state index contributed by atoms with van der Waals surface area (Å²) in [6.45, 7) is 5.20. The number of ketones is 1. The van der Waals surface area contributed by atoms with Crippen molar-refractivity contribution in [1.82, 2.24) is 4.98 Å². The van der Waals surface area contributed by atoms with Gasteiger partial charge in [0.2, 0.25) is 0 Å². The molecule has 2 aromatic carbocycles. The number of nitrogens with one attached hydrogen (secondary N) is 1. The number of hydrogen-bond donors (Lipinski definition) is 1. The van der Waals surface area contributed by atoms with Gasteiger partial charge in [0.15, 0.2) is 5.78 Å². The lowest BCUT2D eigenvalue weighted by molar-refractivity contribution is 0.100. The Morgan fingerprint density at radius 2 is 1.79 bits per heavy atom. The Hall–Kier alpha value is -3.47. The Kier molecular flexibility index (Phi) is 6.17. The molecule has 5 nitrogen and oxygen atoms in total. The molecule has 0 atom stereocenters. The quantitative estimate of drug-likeness (QED) is 0.617. The second-order valence-corrected chi connectivity index (χ2v) is 6.49. The highest BCUT2D eigenvalue weighted by molar-refractivity contribution is 6.04. The second kappa shape index (κ2) is 8.95. The maximum absolute atomic E-state index is 12.5. The van der Waals surface area contributed by atoms with Crippen LogP contribution in [0.5, 0.6) is 0 Å². The molecular formula is C23H23N3O2. The molecule has 3 rings (SSSR count). The van der Waals surface area contributed by atoms with Gasteiger partial charge in [-0.05, 0) is 43.7 Å². The highest BCUT2D eigenvalue weighted by Gasteiger charge is 2.11. The number of amides is 1. The highest BCUT2D eigenvalue weighted by atomic mass is 16.2. The number of anilines is 2. The summed E-state index contributed by atoms with van der Waals surface area (Å²) in [7, 11) is 0. The average molecular weight is 373 g/mol. The van der Waals surface area contributed by atoms with Crippen molar-refractivity contribution in [3.05, 3.63) is 89.7 Å². The van der Waals surface area contributed by atoms with Gasteiger partial charge in [-0.2, -0.15) is 0 Å². The van der Waals surface area contributed by atoms with Crippen LogP contribution in [-0.4, -0.2) is 23.2 Å². The molecule has 1 amide bonds. The van der Waals surface area contributed by atoms with E-state index < -0.39 is 0 Å². The third-order valence-electron chi connectivity index (χ3n) is 4.47. The number of hydrogen-bond acceptors (Lipinski definition) is 4. The molecule has 0 aliphatic heterocycles. The lowest BCUT2D eigenvalue weighted by atomic mass is 10.1. The van der Waals surface area contributed by atoms with Gasteiger partial charge in [0.05, 0.1) is 11.9 Å². The normalized spacial score (nSPS) is 10.4. The number of aromatic nitrogens is 1. The van der Waals surface area contributed by atoms with E-state index in [9.17, 15) is 9.59 Å². The number of nitrogens with zero attached hydrogens (tertiary/aromatic N) is 2. The Morgan fingerprint density at radius 1 is 1.00 bits per heavy atom. The van der Waals surface area contributed by atoms with Gasteiger partial charge in [0, 0.05) is 24.3 Å². The molecule has 0 saturated carbocycles. The molecule has 3 aromatic rings. The lowest BCUT2D eigenvalue weighted by Gasteiger charge is -2.23. The van der Waals surface area contributed by atoms with Crippen LogP contribution < -0.4 is 10.2 Å². The number of pyridine rings is 1. The maximum Gasteiger partial charge on any atom is 0.274 e. The minimum absolute atomic E-state index is 0.0448. The summed E-state index contributed by atoms with van der Waals surface area (Å²) in [6.07, 6.45) is 1.72. The third kappa shape index (κ3) is 4.82. The summed E-state index contributed by atoms with van der Waals surface area (Å²) in [5, 5.41) is 2.79. The smallest absolute Gasteiger partial charge is 0.274 e. The molecule has 0 unspecified atom stereocenters. The predicted molar refractivity (Wildman–Crippen MR) is 112 cm³/mol. The van der Waals surface area contributed by atoms with E-state index in [2.05, 4.69) is 34.3 Å². The summed E-state index contributed by atoms with van der Waals surface area (Å²) in [5.41, 5.74) is 3.63. The first kappa shape index (κ1) is 19.3. The van der Waals surface area contributed by atoms with Gasteiger partial charge in [-0.3, -0.25) is 9.59 Å². The van der Waals surface area contributed by atoms with Crippen LogP contribution >= 0.6 is 0 Å². The summed E-state index contributed by atoms with van der Waals surface area (Å²) in [6, 6.07) is 20.7. The van der Waals surface area contributed by atoms with Crippen LogP contribution in [0.3, 0.4) is 0 Å². The van der Waals surface area contributed by atoms with E-state index in [1.165, 1.54) is 12.5 Å². The molecule has 0 aliphatic carbocycles. The van der Waals surface area contributed by atoms with Crippen LogP contribution in [0.25, 0.3) is 0 Å². The second-order valence-electron chi connectivity index (χ2n) is 6.49. The van der Waals surface area contributed by atoms with Gasteiger partial charge in [-0.25, -0.2) is 4.98 Å². The Labute approximate surface area is 165 Å². The number of carbonyl (C=O) groups excluding carboxylic acids is 2. The first-order valence-electron chi connectivity index (χ1n) is 9.24. The Morgan fingerprint density at radius 3 is 2.43 bits per heavy atom. The third-order valence-corrected chi connectivity index (χ3v) is 4.47. The summed E-state index contributed by atoms with van der Waals surface area (Å²) >= 11 is 0. The standard InChI is InChI=1S/C23H23N3O2/c1-3-26(16-18-8-5-4-6-9-18)21-12-13-22(24-15-21)23(28)25-20-11-7-10-19(14-20)17(2)27/h4-15H,3,16H2,1-2H3,(H,25,28). The molecule has 0 aliphatic rings.